The van der Waals surface area contributed by atoms with Gasteiger partial charge in [-0.3, -0.25) is 4.79 Å². The zero-order valence-corrected chi connectivity index (χ0v) is 11.2. The van der Waals surface area contributed by atoms with Crippen LogP contribution in [0.4, 0.5) is 4.39 Å². The lowest BCUT2D eigenvalue weighted by Crippen LogP contribution is -2.13. The van der Waals surface area contributed by atoms with Crippen LogP contribution in [0.1, 0.15) is 17.9 Å². The second-order valence-electron chi connectivity index (χ2n) is 4.75. The van der Waals surface area contributed by atoms with E-state index in [9.17, 15) is 9.18 Å². The van der Waals surface area contributed by atoms with Crippen molar-refractivity contribution in [2.45, 2.75) is 12.3 Å². The highest BCUT2D eigenvalue weighted by molar-refractivity contribution is 7.07. The van der Waals surface area contributed by atoms with Crippen LogP contribution in [0.15, 0.2) is 40.8 Å². The predicted octanol–water partition coefficient (Wildman–Crippen LogP) is 2.46. The fourth-order valence-electron chi connectivity index (χ4n) is 2.16. The second-order valence-corrected chi connectivity index (χ2v) is 5.62. The predicted molar refractivity (Wildman–Crippen MR) is 71.1 cm³/mol. The van der Waals surface area contributed by atoms with Gasteiger partial charge in [0.05, 0.1) is 0 Å². The topological polar surface area (TPSA) is 34.4 Å². The van der Waals surface area contributed by atoms with Gasteiger partial charge >= 0.3 is 0 Å². The minimum Gasteiger partial charge on any atom is -0.327 e. The summed E-state index contributed by atoms with van der Waals surface area (Å²) in [5.74, 6) is -0.176. The Kier molecular flexibility index (Phi) is 3.06. The van der Waals surface area contributed by atoms with Crippen LogP contribution in [0.5, 0.6) is 0 Å². The summed E-state index contributed by atoms with van der Waals surface area (Å²) in [6.45, 7) is 0. The van der Waals surface area contributed by atoms with E-state index in [-0.39, 0.29) is 23.6 Å². The van der Waals surface area contributed by atoms with Crippen LogP contribution >= 0.6 is 11.3 Å². The molecule has 0 bridgehead atoms. The van der Waals surface area contributed by atoms with E-state index in [0.717, 1.165) is 16.8 Å². The Hall–Kier alpha value is -1.75. The molecule has 1 aromatic carbocycles. The van der Waals surface area contributed by atoms with Gasteiger partial charge in [-0.15, -0.1) is 11.3 Å². The Morgan fingerprint density at radius 3 is 2.79 bits per heavy atom. The molecule has 1 saturated carbocycles. The van der Waals surface area contributed by atoms with Gasteiger partial charge in [0.2, 0.25) is 0 Å². The summed E-state index contributed by atoms with van der Waals surface area (Å²) >= 11 is 1.45. The highest BCUT2D eigenvalue weighted by Crippen LogP contribution is 2.48. The number of halogens is 1. The van der Waals surface area contributed by atoms with Crippen molar-refractivity contribution in [1.82, 2.24) is 4.57 Å². The molecular weight excluding hydrogens is 263 g/mol. The molecule has 19 heavy (non-hydrogen) atoms. The molecule has 0 spiro atoms. The molecule has 1 amide bonds. The number of aryl methyl sites for hydroxylation is 1. The first-order valence-corrected chi connectivity index (χ1v) is 6.97. The van der Waals surface area contributed by atoms with Gasteiger partial charge in [0.25, 0.3) is 5.91 Å². The number of hydrogen-bond donors (Lipinski definition) is 0. The molecule has 2 aromatic rings. The number of carbonyl (C=O) groups excluding carboxylic acids is 1. The number of thiazole rings is 1. The van der Waals surface area contributed by atoms with Crippen molar-refractivity contribution in [3.8, 4) is 0 Å². The molecule has 1 aliphatic rings. The first kappa shape index (κ1) is 12.3. The summed E-state index contributed by atoms with van der Waals surface area (Å²) in [5, 5.41) is 1.90. The minimum atomic E-state index is -0.248. The van der Waals surface area contributed by atoms with Crippen molar-refractivity contribution in [3.05, 3.63) is 52.0 Å². The van der Waals surface area contributed by atoms with Crippen molar-refractivity contribution in [1.29, 1.82) is 0 Å². The van der Waals surface area contributed by atoms with Crippen LogP contribution in [0.3, 0.4) is 0 Å². The maximum absolute atomic E-state index is 12.8. The van der Waals surface area contributed by atoms with Gasteiger partial charge in [0, 0.05) is 24.5 Å². The number of amides is 1. The number of nitrogens with zero attached hydrogens (tertiary/aromatic N) is 2. The van der Waals surface area contributed by atoms with Crippen molar-refractivity contribution in [2.24, 2.45) is 18.0 Å². The van der Waals surface area contributed by atoms with Crippen LogP contribution in [0.2, 0.25) is 0 Å². The third kappa shape index (κ3) is 2.51. The summed E-state index contributed by atoms with van der Waals surface area (Å²) in [7, 11) is 1.87. The van der Waals surface area contributed by atoms with Gasteiger partial charge < -0.3 is 4.57 Å². The van der Waals surface area contributed by atoms with Gasteiger partial charge in [-0.1, -0.05) is 12.1 Å². The summed E-state index contributed by atoms with van der Waals surface area (Å²) in [5.41, 5.74) is 1.02. The Balaban J connectivity index is 1.75. The van der Waals surface area contributed by atoms with E-state index < -0.39 is 0 Å². The molecule has 3 rings (SSSR count). The number of aromatic nitrogens is 1. The molecule has 3 nitrogen and oxygen atoms in total. The monoisotopic (exact) mass is 276 g/mol. The van der Waals surface area contributed by atoms with Crippen LogP contribution < -0.4 is 4.80 Å². The first-order chi connectivity index (χ1) is 9.15. The van der Waals surface area contributed by atoms with E-state index in [1.807, 2.05) is 23.2 Å². The lowest BCUT2D eigenvalue weighted by molar-refractivity contribution is -0.119. The van der Waals surface area contributed by atoms with Gasteiger partial charge in [0.1, 0.15) is 5.82 Å². The fourth-order valence-corrected chi connectivity index (χ4v) is 2.89. The highest BCUT2D eigenvalue weighted by atomic mass is 32.1. The lowest BCUT2D eigenvalue weighted by atomic mass is 10.1. The van der Waals surface area contributed by atoms with Crippen LogP contribution in [0.25, 0.3) is 0 Å². The minimum absolute atomic E-state index is 0.0486. The van der Waals surface area contributed by atoms with Crippen LogP contribution in [0, 0.1) is 11.7 Å². The zero-order valence-electron chi connectivity index (χ0n) is 10.4. The normalized spacial score (nSPS) is 22.5. The SMILES string of the molecule is Cn1ccsc1=NC(=O)[C@@H]1C[C@@H]1c1ccc(F)cc1. The molecule has 1 aromatic heterocycles. The first-order valence-electron chi connectivity index (χ1n) is 6.09. The molecule has 0 radical (unpaired) electrons. The molecule has 98 valence electrons. The van der Waals surface area contributed by atoms with E-state index in [2.05, 4.69) is 4.99 Å². The number of hydrogen-bond acceptors (Lipinski definition) is 2. The molecule has 0 N–H and O–H groups in total. The Bertz CT molecular complexity index is 671. The molecule has 1 heterocycles. The maximum atomic E-state index is 12.8. The lowest BCUT2D eigenvalue weighted by Gasteiger charge is -1.98. The summed E-state index contributed by atoms with van der Waals surface area (Å²) in [6, 6.07) is 6.37. The van der Waals surface area contributed by atoms with Gasteiger partial charge in [0.15, 0.2) is 4.80 Å². The summed E-state index contributed by atoms with van der Waals surface area (Å²) < 4.78 is 14.7. The van der Waals surface area contributed by atoms with Crippen LogP contribution in [-0.4, -0.2) is 10.5 Å². The van der Waals surface area contributed by atoms with Crippen molar-refractivity contribution < 1.29 is 9.18 Å². The quantitative estimate of drug-likeness (QED) is 0.829. The summed E-state index contributed by atoms with van der Waals surface area (Å²) in [4.78, 5) is 16.9. The van der Waals surface area contributed by atoms with Gasteiger partial charge in [-0.05, 0) is 30.0 Å². The molecule has 2 atom stereocenters. The molecular formula is C14H13FN2OS. The average Bonchev–Trinajstić information content (AvgIpc) is 3.10. The number of carbonyl (C=O) groups is 1. The van der Waals surface area contributed by atoms with Crippen molar-refractivity contribution in [3.63, 3.8) is 0 Å². The smallest absolute Gasteiger partial charge is 0.252 e. The standard InChI is InChI=1S/C14H13FN2OS/c1-17-6-7-19-14(17)16-13(18)12-8-11(12)9-2-4-10(15)5-3-9/h2-7,11-12H,8H2,1H3/t11-,12-/m1/s1. The number of benzene rings is 1. The third-order valence-electron chi connectivity index (χ3n) is 3.37. The second kappa shape index (κ2) is 4.74. The molecule has 5 heteroatoms. The van der Waals surface area contributed by atoms with E-state index >= 15 is 0 Å². The molecule has 1 aliphatic carbocycles. The molecule has 0 saturated heterocycles. The Morgan fingerprint density at radius 1 is 1.42 bits per heavy atom. The van der Waals surface area contributed by atoms with E-state index in [1.165, 1.54) is 23.5 Å². The van der Waals surface area contributed by atoms with Crippen molar-refractivity contribution >= 4 is 17.2 Å². The molecule has 0 unspecified atom stereocenters. The number of rotatable bonds is 2. The largest absolute Gasteiger partial charge is 0.327 e. The van der Waals surface area contributed by atoms with E-state index in [1.54, 1.807) is 12.1 Å². The van der Waals surface area contributed by atoms with Gasteiger partial charge in [-0.25, -0.2) is 4.39 Å². The highest BCUT2D eigenvalue weighted by Gasteiger charge is 2.43. The van der Waals surface area contributed by atoms with Crippen molar-refractivity contribution in [2.75, 3.05) is 0 Å². The Morgan fingerprint density at radius 2 is 2.16 bits per heavy atom. The van der Waals surface area contributed by atoms with Gasteiger partial charge in [-0.2, -0.15) is 4.99 Å². The molecule has 0 aliphatic heterocycles. The van der Waals surface area contributed by atoms with E-state index in [0.29, 0.717) is 0 Å². The summed E-state index contributed by atoms with van der Waals surface area (Å²) in [6.07, 6.45) is 2.68. The van der Waals surface area contributed by atoms with Crippen LogP contribution in [-0.2, 0) is 11.8 Å². The maximum Gasteiger partial charge on any atom is 0.252 e. The Labute approximate surface area is 114 Å². The zero-order chi connectivity index (χ0) is 13.4. The average molecular weight is 276 g/mol. The fraction of sp³-hybridized carbons (Fsp3) is 0.286. The molecule has 1 fully saturated rings. The van der Waals surface area contributed by atoms with E-state index in [4.69, 9.17) is 0 Å². The third-order valence-corrected chi connectivity index (χ3v) is 4.22.